The number of carbonyl (C=O) groups is 1. The molecule has 1 rings (SSSR count). The van der Waals surface area contributed by atoms with Gasteiger partial charge in [-0.1, -0.05) is 6.07 Å². The van der Waals surface area contributed by atoms with E-state index in [1.54, 1.807) is 6.07 Å². The van der Waals surface area contributed by atoms with E-state index >= 15 is 0 Å². The van der Waals surface area contributed by atoms with Crippen molar-refractivity contribution in [3.8, 4) is 5.75 Å². The fourth-order valence-corrected chi connectivity index (χ4v) is 1.13. The summed E-state index contributed by atoms with van der Waals surface area (Å²) in [6.07, 6.45) is 0. The highest BCUT2D eigenvalue weighted by Crippen LogP contribution is 2.16. The maximum Gasteiger partial charge on any atom is 0.308 e. The molecule has 0 radical (unpaired) electrons. The Bertz CT molecular complexity index is 321. The quantitative estimate of drug-likeness (QED) is 0.551. The van der Waals surface area contributed by atoms with Crippen LogP contribution in [0.15, 0.2) is 18.2 Å². The van der Waals surface area contributed by atoms with Gasteiger partial charge in [0.05, 0.1) is 0 Å². The van der Waals surface area contributed by atoms with Crippen molar-refractivity contribution in [3.05, 3.63) is 29.3 Å². The van der Waals surface area contributed by atoms with Crippen molar-refractivity contribution in [3.63, 3.8) is 0 Å². The summed E-state index contributed by atoms with van der Waals surface area (Å²) in [7, 11) is 0. The maximum absolute atomic E-state index is 10.6. The van der Waals surface area contributed by atoms with Gasteiger partial charge in [0.15, 0.2) is 0 Å². The SMILES string of the molecule is CC(=O)Oc1ccc(CN)c(C)c1. The van der Waals surface area contributed by atoms with Crippen molar-refractivity contribution >= 4 is 5.97 Å². The van der Waals surface area contributed by atoms with Gasteiger partial charge in [-0.15, -0.1) is 0 Å². The van der Waals surface area contributed by atoms with Crippen LogP contribution in [0.2, 0.25) is 0 Å². The van der Waals surface area contributed by atoms with E-state index in [1.165, 1.54) is 6.92 Å². The van der Waals surface area contributed by atoms with E-state index in [2.05, 4.69) is 0 Å². The Labute approximate surface area is 77.5 Å². The molecule has 0 heterocycles. The van der Waals surface area contributed by atoms with Crippen molar-refractivity contribution in [1.29, 1.82) is 0 Å². The van der Waals surface area contributed by atoms with Gasteiger partial charge in [0.1, 0.15) is 5.75 Å². The first-order chi connectivity index (χ1) is 6.13. The van der Waals surface area contributed by atoms with E-state index in [9.17, 15) is 4.79 Å². The molecule has 1 aromatic rings. The Morgan fingerprint density at radius 2 is 2.23 bits per heavy atom. The highest BCUT2D eigenvalue weighted by molar-refractivity contribution is 5.69. The molecule has 0 aliphatic carbocycles. The average Bonchev–Trinajstić information content (AvgIpc) is 2.03. The van der Waals surface area contributed by atoms with E-state index in [-0.39, 0.29) is 5.97 Å². The second-order valence-electron chi connectivity index (χ2n) is 2.89. The van der Waals surface area contributed by atoms with Gasteiger partial charge >= 0.3 is 5.97 Å². The second kappa shape index (κ2) is 4.05. The van der Waals surface area contributed by atoms with Crippen LogP contribution in [0.4, 0.5) is 0 Å². The third kappa shape index (κ3) is 2.56. The number of nitrogens with two attached hydrogens (primary N) is 1. The zero-order valence-electron chi connectivity index (χ0n) is 7.83. The van der Waals surface area contributed by atoms with Crippen LogP contribution in [0.3, 0.4) is 0 Å². The molecule has 2 N–H and O–H groups in total. The normalized spacial score (nSPS) is 9.77. The van der Waals surface area contributed by atoms with E-state index < -0.39 is 0 Å². The maximum atomic E-state index is 10.6. The van der Waals surface area contributed by atoms with Crippen LogP contribution in [-0.2, 0) is 11.3 Å². The highest BCUT2D eigenvalue weighted by Gasteiger charge is 2.00. The molecule has 1 aromatic carbocycles. The van der Waals surface area contributed by atoms with Crippen molar-refractivity contribution in [1.82, 2.24) is 0 Å². The van der Waals surface area contributed by atoms with Crippen LogP contribution in [0.1, 0.15) is 18.1 Å². The average molecular weight is 179 g/mol. The predicted octanol–water partition coefficient (Wildman–Crippen LogP) is 1.38. The van der Waals surface area contributed by atoms with Crippen LogP contribution < -0.4 is 10.5 Å². The van der Waals surface area contributed by atoms with Gasteiger partial charge in [0, 0.05) is 13.5 Å². The summed E-state index contributed by atoms with van der Waals surface area (Å²) >= 11 is 0. The Morgan fingerprint density at radius 3 is 2.69 bits per heavy atom. The molecule has 0 aliphatic rings. The molecule has 0 spiro atoms. The summed E-state index contributed by atoms with van der Waals surface area (Å²) < 4.78 is 4.91. The molecule has 0 bridgehead atoms. The largest absolute Gasteiger partial charge is 0.427 e. The highest BCUT2D eigenvalue weighted by atomic mass is 16.5. The Hall–Kier alpha value is -1.35. The minimum atomic E-state index is -0.306. The number of ether oxygens (including phenoxy) is 1. The van der Waals surface area contributed by atoms with Crippen molar-refractivity contribution in [2.45, 2.75) is 20.4 Å². The molecular weight excluding hydrogens is 166 g/mol. The topological polar surface area (TPSA) is 52.3 Å². The summed E-state index contributed by atoms with van der Waals surface area (Å²) in [5, 5.41) is 0. The lowest BCUT2D eigenvalue weighted by Crippen LogP contribution is -2.03. The van der Waals surface area contributed by atoms with Crippen molar-refractivity contribution in [2.75, 3.05) is 0 Å². The summed E-state index contributed by atoms with van der Waals surface area (Å²) in [5.41, 5.74) is 7.60. The van der Waals surface area contributed by atoms with Gasteiger partial charge in [-0.05, 0) is 30.2 Å². The fourth-order valence-electron chi connectivity index (χ4n) is 1.13. The van der Waals surface area contributed by atoms with Crippen LogP contribution in [0, 0.1) is 6.92 Å². The predicted molar refractivity (Wildman–Crippen MR) is 50.4 cm³/mol. The third-order valence-electron chi connectivity index (χ3n) is 1.80. The van der Waals surface area contributed by atoms with Crippen LogP contribution >= 0.6 is 0 Å². The molecule has 0 atom stereocenters. The number of hydrogen-bond donors (Lipinski definition) is 1. The molecule has 0 aliphatic heterocycles. The van der Waals surface area contributed by atoms with E-state index in [4.69, 9.17) is 10.5 Å². The van der Waals surface area contributed by atoms with Crippen molar-refractivity contribution < 1.29 is 9.53 Å². The zero-order chi connectivity index (χ0) is 9.84. The number of carbonyl (C=O) groups excluding carboxylic acids is 1. The number of rotatable bonds is 2. The van der Waals surface area contributed by atoms with Gasteiger partial charge in [0.2, 0.25) is 0 Å². The molecule has 3 nitrogen and oxygen atoms in total. The minimum Gasteiger partial charge on any atom is -0.427 e. The lowest BCUT2D eigenvalue weighted by atomic mass is 10.1. The Morgan fingerprint density at radius 1 is 1.54 bits per heavy atom. The molecule has 0 saturated heterocycles. The first-order valence-corrected chi connectivity index (χ1v) is 4.11. The molecule has 0 amide bonds. The number of aryl methyl sites for hydroxylation is 1. The molecule has 0 saturated carbocycles. The number of benzene rings is 1. The molecule has 13 heavy (non-hydrogen) atoms. The van der Waals surface area contributed by atoms with Crippen molar-refractivity contribution in [2.24, 2.45) is 5.73 Å². The van der Waals surface area contributed by atoms with E-state index in [0.717, 1.165) is 11.1 Å². The third-order valence-corrected chi connectivity index (χ3v) is 1.80. The van der Waals surface area contributed by atoms with E-state index in [1.807, 2.05) is 19.1 Å². The lowest BCUT2D eigenvalue weighted by Gasteiger charge is -2.05. The monoisotopic (exact) mass is 179 g/mol. The molecular formula is C10H13NO2. The fraction of sp³-hybridized carbons (Fsp3) is 0.300. The number of esters is 1. The van der Waals surface area contributed by atoms with Crippen LogP contribution in [-0.4, -0.2) is 5.97 Å². The second-order valence-corrected chi connectivity index (χ2v) is 2.89. The summed E-state index contributed by atoms with van der Waals surface area (Å²) in [6.45, 7) is 3.83. The summed E-state index contributed by atoms with van der Waals surface area (Å²) in [4.78, 5) is 10.6. The summed E-state index contributed by atoms with van der Waals surface area (Å²) in [5.74, 6) is 0.266. The molecule has 0 unspecified atom stereocenters. The first kappa shape index (κ1) is 9.74. The van der Waals surface area contributed by atoms with Gasteiger partial charge in [0.25, 0.3) is 0 Å². The molecule has 0 aromatic heterocycles. The smallest absolute Gasteiger partial charge is 0.308 e. The first-order valence-electron chi connectivity index (χ1n) is 4.11. The number of hydrogen-bond acceptors (Lipinski definition) is 3. The molecule has 0 fully saturated rings. The Balaban J connectivity index is 2.89. The zero-order valence-corrected chi connectivity index (χ0v) is 7.83. The van der Waals surface area contributed by atoms with Crippen LogP contribution in [0.25, 0.3) is 0 Å². The van der Waals surface area contributed by atoms with Gasteiger partial charge in [-0.25, -0.2) is 0 Å². The van der Waals surface area contributed by atoms with E-state index in [0.29, 0.717) is 12.3 Å². The Kier molecular flexibility index (Phi) is 3.03. The van der Waals surface area contributed by atoms with Gasteiger partial charge in [-0.2, -0.15) is 0 Å². The van der Waals surface area contributed by atoms with Crippen LogP contribution in [0.5, 0.6) is 5.75 Å². The van der Waals surface area contributed by atoms with Gasteiger partial charge in [-0.3, -0.25) is 4.79 Å². The molecule has 3 heteroatoms. The summed E-state index contributed by atoms with van der Waals surface area (Å²) in [6, 6.07) is 5.42. The minimum absolute atomic E-state index is 0.306. The molecule has 70 valence electrons. The van der Waals surface area contributed by atoms with Gasteiger partial charge < -0.3 is 10.5 Å². The standard InChI is InChI=1S/C10H13NO2/c1-7-5-10(13-8(2)12)4-3-9(7)6-11/h3-5H,6,11H2,1-2H3. The lowest BCUT2D eigenvalue weighted by molar-refractivity contribution is -0.131.